The van der Waals surface area contributed by atoms with Crippen molar-refractivity contribution in [1.29, 1.82) is 0 Å². The van der Waals surface area contributed by atoms with Gasteiger partial charge in [-0.05, 0) is 25.5 Å². The van der Waals surface area contributed by atoms with Crippen molar-refractivity contribution >= 4 is 5.91 Å². The van der Waals surface area contributed by atoms with E-state index in [4.69, 9.17) is 9.47 Å². The van der Waals surface area contributed by atoms with Gasteiger partial charge in [0.15, 0.2) is 0 Å². The Morgan fingerprint density at radius 2 is 2.08 bits per heavy atom. The topological polar surface area (TPSA) is 72.7 Å². The van der Waals surface area contributed by atoms with E-state index in [0.717, 1.165) is 11.3 Å². The SMILES string of the molecule is Cc1c(C(=O)NCC(C)(O)c2ccccc2)ccn1CC1COCCO1. The molecule has 2 unspecified atom stereocenters. The molecule has 0 aliphatic carbocycles. The molecule has 1 aromatic carbocycles. The van der Waals surface area contributed by atoms with Gasteiger partial charge in [0.1, 0.15) is 5.60 Å². The van der Waals surface area contributed by atoms with Gasteiger partial charge in [0.25, 0.3) is 5.91 Å². The van der Waals surface area contributed by atoms with Gasteiger partial charge in [0.2, 0.25) is 0 Å². The molecule has 0 radical (unpaired) electrons. The summed E-state index contributed by atoms with van der Waals surface area (Å²) in [5.74, 6) is -0.196. The van der Waals surface area contributed by atoms with Crippen LogP contribution in [0.1, 0.15) is 28.5 Å². The fourth-order valence-electron chi connectivity index (χ4n) is 3.10. The number of nitrogens with zero attached hydrogens (tertiary/aromatic N) is 1. The lowest BCUT2D eigenvalue weighted by Crippen LogP contribution is -2.38. The lowest BCUT2D eigenvalue weighted by molar-refractivity contribution is -0.0937. The van der Waals surface area contributed by atoms with Crippen molar-refractivity contribution in [1.82, 2.24) is 9.88 Å². The lowest BCUT2D eigenvalue weighted by Gasteiger charge is -2.24. The smallest absolute Gasteiger partial charge is 0.253 e. The lowest BCUT2D eigenvalue weighted by atomic mass is 9.96. The number of benzene rings is 1. The van der Waals surface area contributed by atoms with E-state index in [1.807, 2.05) is 48.0 Å². The Kier molecular flexibility index (Phi) is 5.76. The summed E-state index contributed by atoms with van der Waals surface area (Å²) in [6, 6.07) is 11.1. The Morgan fingerprint density at radius 3 is 2.77 bits per heavy atom. The van der Waals surface area contributed by atoms with E-state index in [1.54, 1.807) is 13.0 Å². The monoisotopic (exact) mass is 358 g/mol. The molecule has 1 aliphatic rings. The molecule has 0 spiro atoms. The van der Waals surface area contributed by atoms with Crippen LogP contribution in [0.4, 0.5) is 0 Å². The molecule has 6 heteroatoms. The normalized spacial score (nSPS) is 19.7. The van der Waals surface area contributed by atoms with Gasteiger partial charge in [-0.15, -0.1) is 0 Å². The Balaban J connectivity index is 1.61. The van der Waals surface area contributed by atoms with Crippen LogP contribution in [0.15, 0.2) is 42.6 Å². The quantitative estimate of drug-likeness (QED) is 0.827. The van der Waals surface area contributed by atoms with Gasteiger partial charge in [0.05, 0.1) is 44.6 Å². The maximum Gasteiger partial charge on any atom is 0.253 e. The van der Waals surface area contributed by atoms with Crippen molar-refractivity contribution in [2.45, 2.75) is 32.1 Å². The van der Waals surface area contributed by atoms with E-state index in [2.05, 4.69) is 5.32 Å². The van der Waals surface area contributed by atoms with Gasteiger partial charge in [-0.3, -0.25) is 4.79 Å². The summed E-state index contributed by atoms with van der Waals surface area (Å²) in [7, 11) is 0. The van der Waals surface area contributed by atoms with Crippen LogP contribution in [0.5, 0.6) is 0 Å². The Labute approximate surface area is 153 Å². The minimum atomic E-state index is -1.12. The van der Waals surface area contributed by atoms with Gasteiger partial charge < -0.3 is 24.5 Å². The highest BCUT2D eigenvalue weighted by Crippen LogP contribution is 2.19. The van der Waals surface area contributed by atoms with E-state index in [1.165, 1.54) is 0 Å². The summed E-state index contributed by atoms with van der Waals surface area (Å²) in [5, 5.41) is 13.5. The van der Waals surface area contributed by atoms with Crippen molar-refractivity contribution in [2.24, 2.45) is 0 Å². The van der Waals surface area contributed by atoms with E-state index in [-0.39, 0.29) is 18.6 Å². The second kappa shape index (κ2) is 8.03. The van der Waals surface area contributed by atoms with E-state index in [9.17, 15) is 9.90 Å². The molecule has 3 rings (SSSR count). The summed E-state index contributed by atoms with van der Waals surface area (Å²) >= 11 is 0. The van der Waals surface area contributed by atoms with Crippen molar-refractivity contribution in [2.75, 3.05) is 26.4 Å². The first-order chi connectivity index (χ1) is 12.5. The van der Waals surface area contributed by atoms with Gasteiger partial charge in [-0.25, -0.2) is 0 Å². The number of ether oxygens (including phenoxy) is 2. The van der Waals surface area contributed by atoms with Crippen molar-refractivity contribution in [3.8, 4) is 0 Å². The third-order valence-electron chi connectivity index (χ3n) is 4.76. The number of rotatable bonds is 6. The molecule has 6 nitrogen and oxygen atoms in total. The highest BCUT2D eigenvalue weighted by Gasteiger charge is 2.25. The molecule has 2 atom stereocenters. The zero-order valence-electron chi connectivity index (χ0n) is 15.3. The highest BCUT2D eigenvalue weighted by molar-refractivity contribution is 5.95. The standard InChI is InChI=1S/C20H26N2O4/c1-15-18(8-9-22(15)12-17-13-25-10-11-26-17)19(23)21-14-20(2,24)16-6-4-3-5-7-16/h3-9,17,24H,10-14H2,1-2H3,(H,21,23). The van der Waals surface area contributed by atoms with Crippen LogP contribution < -0.4 is 5.32 Å². The molecular formula is C20H26N2O4. The number of nitrogens with one attached hydrogen (secondary N) is 1. The molecule has 1 aliphatic heterocycles. The Morgan fingerprint density at radius 1 is 1.31 bits per heavy atom. The van der Waals surface area contributed by atoms with Crippen molar-refractivity contribution < 1.29 is 19.4 Å². The summed E-state index contributed by atoms with van der Waals surface area (Å²) in [6.45, 7) is 6.21. The molecule has 0 saturated carbocycles. The fourth-order valence-corrected chi connectivity index (χ4v) is 3.10. The zero-order chi connectivity index (χ0) is 18.6. The van der Waals surface area contributed by atoms with Crippen LogP contribution in [0.2, 0.25) is 0 Å². The summed E-state index contributed by atoms with van der Waals surface area (Å²) < 4.78 is 13.1. The van der Waals surface area contributed by atoms with Crippen LogP contribution in [0.3, 0.4) is 0 Å². The van der Waals surface area contributed by atoms with Gasteiger partial charge in [0, 0.05) is 11.9 Å². The molecule has 1 amide bonds. The van der Waals surface area contributed by atoms with E-state index < -0.39 is 5.60 Å². The average molecular weight is 358 g/mol. The number of carbonyl (C=O) groups excluding carboxylic acids is 1. The van der Waals surface area contributed by atoms with Gasteiger partial charge in [-0.1, -0.05) is 30.3 Å². The van der Waals surface area contributed by atoms with Crippen LogP contribution in [-0.2, 0) is 21.6 Å². The first-order valence-corrected chi connectivity index (χ1v) is 8.88. The summed E-state index contributed by atoms with van der Waals surface area (Å²) in [4.78, 5) is 12.6. The number of aliphatic hydroxyl groups is 1. The molecule has 140 valence electrons. The molecule has 26 heavy (non-hydrogen) atoms. The Hall–Kier alpha value is -2.15. The molecule has 1 fully saturated rings. The van der Waals surface area contributed by atoms with Crippen LogP contribution in [0.25, 0.3) is 0 Å². The average Bonchev–Trinajstić information content (AvgIpc) is 3.02. The minimum absolute atomic E-state index is 0.00424. The predicted octanol–water partition coefficient (Wildman–Crippen LogP) is 1.85. The third-order valence-corrected chi connectivity index (χ3v) is 4.76. The van der Waals surface area contributed by atoms with Crippen LogP contribution in [-0.4, -0.2) is 48.1 Å². The number of aromatic nitrogens is 1. The third kappa shape index (κ3) is 4.33. The maximum absolute atomic E-state index is 12.6. The van der Waals surface area contributed by atoms with Crippen LogP contribution >= 0.6 is 0 Å². The molecule has 0 bridgehead atoms. The molecule has 2 N–H and O–H groups in total. The minimum Gasteiger partial charge on any atom is -0.384 e. The van der Waals surface area contributed by atoms with Crippen molar-refractivity contribution in [3.05, 3.63) is 59.4 Å². The molecule has 2 aromatic rings. The maximum atomic E-state index is 12.6. The summed E-state index contributed by atoms with van der Waals surface area (Å²) in [5.41, 5.74) is 1.12. The molecule has 2 heterocycles. The second-order valence-corrected chi connectivity index (χ2v) is 6.86. The fraction of sp³-hybridized carbons (Fsp3) is 0.450. The van der Waals surface area contributed by atoms with Crippen LogP contribution in [0, 0.1) is 6.92 Å². The molecule has 1 saturated heterocycles. The van der Waals surface area contributed by atoms with Gasteiger partial charge >= 0.3 is 0 Å². The molecule has 1 aromatic heterocycles. The number of amides is 1. The van der Waals surface area contributed by atoms with E-state index >= 15 is 0 Å². The van der Waals surface area contributed by atoms with Gasteiger partial charge in [-0.2, -0.15) is 0 Å². The first kappa shape index (κ1) is 18.6. The second-order valence-electron chi connectivity index (χ2n) is 6.86. The predicted molar refractivity (Wildman–Crippen MR) is 98.1 cm³/mol. The first-order valence-electron chi connectivity index (χ1n) is 8.88. The summed E-state index contributed by atoms with van der Waals surface area (Å²) in [6.07, 6.45) is 1.89. The number of hydrogen-bond donors (Lipinski definition) is 2. The van der Waals surface area contributed by atoms with E-state index in [0.29, 0.717) is 31.9 Å². The number of carbonyl (C=O) groups is 1. The zero-order valence-corrected chi connectivity index (χ0v) is 15.3. The largest absolute Gasteiger partial charge is 0.384 e. The number of hydrogen-bond acceptors (Lipinski definition) is 4. The van der Waals surface area contributed by atoms with Crippen molar-refractivity contribution in [3.63, 3.8) is 0 Å². The Bertz CT molecular complexity index is 734. The molecular weight excluding hydrogens is 332 g/mol. The highest BCUT2D eigenvalue weighted by atomic mass is 16.6.